The molecule has 8 heteroatoms. The molecule has 29 heavy (non-hydrogen) atoms. The molecule has 152 valence electrons. The SMILES string of the molecule is CC[C@H](C)[C@@H](C(=O)OCc1occc1C(=O)OC)N1C(=O)c2ccccc2C1=O. The number of benzene rings is 1. The molecule has 2 atom stereocenters. The van der Waals surface area contributed by atoms with Gasteiger partial charge in [0.15, 0.2) is 5.76 Å². The summed E-state index contributed by atoms with van der Waals surface area (Å²) in [6, 6.07) is 6.75. The first-order chi connectivity index (χ1) is 13.9. The van der Waals surface area contributed by atoms with Gasteiger partial charge in [-0.05, 0) is 24.1 Å². The van der Waals surface area contributed by atoms with Gasteiger partial charge in [-0.1, -0.05) is 32.4 Å². The van der Waals surface area contributed by atoms with E-state index in [1.807, 2.05) is 6.92 Å². The van der Waals surface area contributed by atoms with Gasteiger partial charge >= 0.3 is 11.9 Å². The second kappa shape index (κ2) is 8.30. The molecule has 2 aromatic rings. The van der Waals surface area contributed by atoms with Crippen LogP contribution in [0.1, 0.15) is 57.1 Å². The van der Waals surface area contributed by atoms with Crippen molar-refractivity contribution in [3.05, 3.63) is 59.0 Å². The van der Waals surface area contributed by atoms with Crippen LogP contribution in [0.3, 0.4) is 0 Å². The average Bonchev–Trinajstić information content (AvgIpc) is 3.30. The lowest BCUT2D eigenvalue weighted by Gasteiger charge is -2.28. The molecule has 0 radical (unpaired) electrons. The van der Waals surface area contributed by atoms with Gasteiger partial charge in [-0.25, -0.2) is 9.59 Å². The van der Waals surface area contributed by atoms with E-state index < -0.39 is 29.8 Å². The maximum Gasteiger partial charge on any atom is 0.341 e. The maximum atomic E-state index is 12.9. The molecule has 2 amide bonds. The minimum Gasteiger partial charge on any atom is -0.465 e. The molecule has 3 rings (SSSR count). The Balaban J connectivity index is 1.82. The molecule has 2 heterocycles. The number of carbonyl (C=O) groups is 4. The van der Waals surface area contributed by atoms with Crippen LogP contribution in [-0.2, 0) is 20.9 Å². The Morgan fingerprint density at radius 1 is 1.10 bits per heavy atom. The minimum atomic E-state index is -1.09. The van der Waals surface area contributed by atoms with Crippen LogP contribution in [0.15, 0.2) is 41.0 Å². The molecule has 1 aliphatic heterocycles. The number of methoxy groups -OCH3 is 1. The number of ether oxygens (including phenoxy) is 2. The van der Waals surface area contributed by atoms with Gasteiger partial charge in [0.25, 0.3) is 11.8 Å². The largest absolute Gasteiger partial charge is 0.465 e. The molecule has 1 aromatic heterocycles. The number of nitrogens with zero attached hydrogens (tertiary/aromatic N) is 1. The average molecular weight is 399 g/mol. The van der Waals surface area contributed by atoms with Crippen LogP contribution in [-0.4, -0.2) is 41.8 Å². The molecule has 0 bridgehead atoms. The third kappa shape index (κ3) is 3.65. The van der Waals surface area contributed by atoms with E-state index in [0.29, 0.717) is 6.42 Å². The van der Waals surface area contributed by atoms with E-state index in [-0.39, 0.29) is 35.0 Å². The zero-order valence-corrected chi connectivity index (χ0v) is 16.3. The van der Waals surface area contributed by atoms with Crippen molar-refractivity contribution in [3.8, 4) is 0 Å². The number of hydrogen-bond acceptors (Lipinski definition) is 7. The van der Waals surface area contributed by atoms with Crippen LogP contribution < -0.4 is 0 Å². The van der Waals surface area contributed by atoms with Crippen molar-refractivity contribution in [2.75, 3.05) is 7.11 Å². The molecule has 0 aliphatic carbocycles. The minimum absolute atomic E-state index is 0.121. The fourth-order valence-corrected chi connectivity index (χ4v) is 3.24. The maximum absolute atomic E-state index is 12.9. The fourth-order valence-electron chi connectivity index (χ4n) is 3.24. The van der Waals surface area contributed by atoms with E-state index in [4.69, 9.17) is 9.15 Å². The summed E-state index contributed by atoms with van der Waals surface area (Å²) in [5, 5.41) is 0. The normalized spacial score (nSPS) is 15.1. The van der Waals surface area contributed by atoms with Crippen molar-refractivity contribution >= 4 is 23.8 Å². The summed E-state index contributed by atoms with van der Waals surface area (Å²) in [7, 11) is 1.23. The molecular weight excluding hydrogens is 378 g/mol. The van der Waals surface area contributed by atoms with Gasteiger partial charge in [-0.15, -0.1) is 0 Å². The highest BCUT2D eigenvalue weighted by Crippen LogP contribution is 2.29. The van der Waals surface area contributed by atoms with Crippen molar-refractivity contribution in [2.45, 2.75) is 32.9 Å². The summed E-state index contributed by atoms with van der Waals surface area (Å²) in [5.74, 6) is -2.64. The topological polar surface area (TPSA) is 103 Å². The smallest absolute Gasteiger partial charge is 0.341 e. The number of rotatable bonds is 7. The Bertz CT molecular complexity index is 926. The predicted octanol–water partition coefficient (Wildman–Crippen LogP) is 2.82. The highest BCUT2D eigenvalue weighted by molar-refractivity contribution is 6.22. The van der Waals surface area contributed by atoms with Crippen LogP contribution in [0.5, 0.6) is 0 Å². The van der Waals surface area contributed by atoms with Gasteiger partial charge in [-0.3, -0.25) is 14.5 Å². The molecule has 0 saturated heterocycles. The Morgan fingerprint density at radius 3 is 2.28 bits per heavy atom. The molecule has 1 aliphatic rings. The van der Waals surface area contributed by atoms with Crippen molar-refractivity contribution in [1.29, 1.82) is 0 Å². The molecule has 0 fully saturated rings. The summed E-state index contributed by atoms with van der Waals surface area (Å²) < 4.78 is 15.2. The first kappa shape index (κ1) is 20.3. The summed E-state index contributed by atoms with van der Waals surface area (Å²) in [4.78, 5) is 51.2. The lowest BCUT2D eigenvalue weighted by molar-refractivity contribution is -0.152. The number of furan rings is 1. The number of amides is 2. The molecular formula is C21H21NO7. The molecule has 0 spiro atoms. The third-order valence-corrected chi connectivity index (χ3v) is 5.02. The molecule has 0 N–H and O–H groups in total. The third-order valence-electron chi connectivity index (χ3n) is 5.02. The van der Waals surface area contributed by atoms with E-state index in [1.54, 1.807) is 31.2 Å². The summed E-state index contributed by atoms with van der Waals surface area (Å²) in [5.41, 5.74) is 0.663. The molecule has 0 saturated carbocycles. The zero-order chi connectivity index (χ0) is 21.1. The Hall–Kier alpha value is -3.42. The van der Waals surface area contributed by atoms with Crippen molar-refractivity contribution in [2.24, 2.45) is 5.92 Å². The molecule has 1 aromatic carbocycles. The molecule has 0 unspecified atom stereocenters. The van der Waals surface area contributed by atoms with Gasteiger partial charge < -0.3 is 13.9 Å². The van der Waals surface area contributed by atoms with E-state index in [0.717, 1.165) is 4.90 Å². The quantitative estimate of drug-likeness (QED) is 0.521. The standard InChI is InChI=1S/C21H21NO7/c1-4-12(2)17(22-18(23)13-7-5-6-8-14(13)19(22)24)21(26)29-11-16-15(9-10-28-16)20(25)27-3/h5-10,12,17H,4,11H2,1-3H3/t12-,17-/m0/s1. The van der Waals surface area contributed by atoms with Crippen LogP contribution in [0, 0.1) is 5.92 Å². The first-order valence-electron chi connectivity index (χ1n) is 9.18. The first-order valence-corrected chi connectivity index (χ1v) is 9.18. The van der Waals surface area contributed by atoms with Crippen molar-refractivity contribution in [1.82, 2.24) is 4.90 Å². The highest BCUT2D eigenvalue weighted by Gasteiger charge is 2.45. The van der Waals surface area contributed by atoms with Gasteiger partial charge in [0, 0.05) is 0 Å². The lowest BCUT2D eigenvalue weighted by atomic mass is 9.97. The van der Waals surface area contributed by atoms with E-state index in [9.17, 15) is 19.2 Å². The van der Waals surface area contributed by atoms with Gasteiger partial charge in [0.1, 0.15) is 18.2 Å². The summed E-state index contributed by atoms with van der Waals surface area (Å²) in [6.07, 6.45) is 1.83. The van der Waals surface area contributed by atoms with E-state index >= 15 is 0 Å². The number of imide groups is 1. The van der Waals surface area contributed by atoms with Gasteiger partial charge in [-0.2, -0.15) is 0 Å². The second-order valence-corrected chi connectivity index (χ2v) is 6.71. The Kier molecular flexibility index (Phi) is 5.81. The monoisotopic (exact) mass is 399 g/mol. The number of fused-ring (bicyclic) bond motifs is 1. The van der Waals surface area contributed by atoms with E-state index in [1.165, 1.54) is 19.4 Å². The van der Waals surface area contributed by atoms with E-state index in [2.05, 4.69) is 4.74 Å². The van der Waals surface area contributed by atoms with Crippen molar-refractivity contribution in [3.63, 3.8) is 0 Å². The van der Waals surface area contributed by atoms with Crippen LogP contribution >= 0.6 is 0 Å². The Morgan fingerprint density at radius 2 is 1.72 bits per heavy atom. The second-order valence-electron chi connectivity index (χ2n) is 6.71. The van der Waals surface area contributed by atoms with Crippen LogP contribution in [0.25, 0.3) is 0 Å². The molecule has 8 nitrogen and oxygen atoms in total. The number of esters is 2. The fraction of sp³-hybridized carbons (Fsp3) is 0.333. The predicted molar refractivity (Wildman–Crippen MR) is 100 cm³/mol. The van der Waals surface area contributed by atoms with Gasteiger partial charge in [0.05, 0.1) is 24.5 Å². The summed E-state index contributed by atoms with van der Waals surface area (Å²) >= 11 is 0. The van der Waals surface area contributed by atoms with Gasteiger partial charge in [0.2, 0.25) is 0 Å². The Labute approximate surface area is 167 Å². The van der Waals surface area contributed by atoms with Crippen molar-refractivity contribution < 1.29 is 33.1 Å². The lowest BCUT2D eigenvalue weighted by Crippen LogP contribution is -2.49. The highest BCUT2D eigenvalue weighted by atomic mass is 16.5. The number of hydrogen-bond donors (Lipinski definition) is 0. The zero-order valence-electron chi connectivity index (χ0n) is 16.3. The number of carbonyl (C=O) groups excluding carboxylic acids is 4. The van der Waals surface area contributed by atoms with Crippen LogP contribution in [0.4, 0.5) is 0 Å². The summed E-state index contributed by atoms with van der Waals surface area (Å²) in [6.45, 7) is 3.29. The van der Waals surface area contributed by atoms with Crippen LogP contribution in [0.2, 0.25) is 0 Å².